The molecular weight excluding hydrogens is 194 g/mol. The summed E-state index contributed by atoms with van der Waals surface area (Å²) in [5.41, 5.74) is 4.46. The second-order valence-electron chi connectivity index (χ2n) is 5.21. The van der Waals surface area contributed by atoms with E-state index in [0.29, 0.717) is 17.9 Å². The van der Waals surface area contributed by atoms with E-state index >= 15 is 0 Å². The highest BCUT2D eigenvalue weighted by Gasteiger charge is 2.34. The standard InChI is InChI=1S/C15H23N/c1-5-8-16-15-12(4)11(3)13-7-6-10(2)9-14(13)15/h6-7,9,11-12,15-16H,5,8H2,1-4H3. The minimum Gasteiger partial charge on any atom is -0.310 e. The zero-order valence-electron chi connectivity index (χ0n) is 10.9. The summed E-state index contributed by atoms with van der Waals surface area (Å²) in [7, 11) is 0. The molecule has 0 aliphatic heterocycles. The summed E-state index contributed by atoms with van der Waals surface area (Å²) in [4.78, 5) is 0. The highest BCUT2D eigenvalue weighted by molar-refractivity contribution is 5.41. The fourth-order valence-corrected chi connectivity index (χ4v) is 2.83. The largest absolute Gasteiger partial charge is 0.310 e. The normalized spacial score (nSPS) is 28.1. The number of hydrogen-bond acceptors (Lipinski definition) is 1. The minimum absolute atomic E-state index is 0.560. The van der Waals surface area contributed by atoms with Crippen LogP contribution in [-0.4, -0.2) is 6.54 Å². The van der Waals surface area contributed by atoms with Crippen molar-refractivity contribution in [2.75, 3.05) is 6.54 Å². The highest BCUT2D eigenvalue weighted by atomic mass is 14.9. The SMILES string of the molecule is CCCNC1c2cc(C)ccc2C(C)C1C. The van der Waals surface area contributed by atoms with Crippen molar-refractivity contribution in [3.63, 3.8) is 0 Å². The van der Waals surface area contributed by atoms with Crippen LogP contribution in [0.2, 0.25) is 0 Å². The van der Waals surface area contributed by atoms with Crippen LogP contribution in [0.4, 0.5) is 0 Å². The van der Waals surface area contributed by atoms with E-state index in [1.807, 2.05) is 0 Å². The Kier molecular flexibility index (Phi) is 3.34. The molecule has 1 N–H and O–H groups in total. The van der Waals surface area contributed by atoms with E-state index in [-0.39, 0.29) is 0 Å². The topological polar surface area (TPSA) is 12.0 Å². The van der Waals surface area contributed by atoms with Gasteiger partial charge in [0.05, 0.1) is 0 Å². The Morgan fingerprint density at radius 1 is 1.19 bits per heavy atom. The third kappa shape index (κ3) is 1.89. The highest BCUT2D eigenvalue weighted by Crippen LogP contribution is 2.44. The fourth-order valence-electron chi connectivity index (χ4n) is 2.83. The van der Waals surface area contributed by atoms with Crippen LogP contribution in [0.15, 0.2) is 18.2 Å². The van der Waals surface area contributed by atoms with Crippen LogP contribution in [0.1, 0.15) is 55.8 Å². The Hall–Kier alpha value is -0.820. The summed E-state index contributed by atoms with van der Waals surface area (Å²) in [5.74, 6) is 1.40. The Bertz CT molecular complexity index is 370. The molecule has 0 radical (unpaired) electrons. The van der Waals surface area contributed by atoms with E-state index in [1.54, 1.807) is 5.56 Å². The van der Waals surface area contributed by atoms with Crippen molar-refractivity contribution in [1.29, 1.82) is 0 Å². The van der Waals surface area contributed by atoms with Crippen LogP contribution in [0.3, 0.4) is 0 Å². The third-order valence-corrected chi connectivity index (χ3v) is 4.00. The summed E-state index contributed by atoms with van der Waals surface area (Å²) in [6.07, 6.45) is 1.21. The summed E-state index contributed by atoms with van der Waals surface area (Å²) < 4.78 is 0. The molecule has 0 aromatic heterocycles. The Balaban J connectivity index is 2.31. The van der Waals surface area contributed by atoms with Crippen LogP contribution in [0.5, 0.6) is 0 Å². The van der Waals surface area contributed by atoms with Gasteiger partial charge in [-0.05, 0) is 42.9 Å². The summed E-state index contributed by atoms with van der Waals surface area (Å²) >= 11 is 0. The van der Waals surface area contributed by atoms with E-state index < -0.39 is 0 Å². The molecule has 3 unspecified atom stereocenters. The van der Waals surface area contributed by atoms with Gasteiger partial charge in [0.15, 0.2) is 0 Å². The van der Waals surface area contributed by atoms with Gasteiger partial charge in [0, 0.05) is 6.04 Å². The number of fused-ring (bicyclic) bond motifs is 1. The molecule has 16 heavy (non-hydrogen) atoms. The van der Waals surface area contributed by atoms with Crippen LogP contribution in [0, 0.1) is 12.8 Å². The Morgan fingerprint density at radius 2 is 1.94 bits per heavy atom. The first-order valence-electron chi connectivity index (χ1n) is 6.49. The summed E-state index contributed by atoms with van der Waals surface area (Å²) in [5, 5.41) is 3.69. The molecule has 0 bridgehead atoms. The van der Waals surface area contributed by atoms with Gasteiger partial charge in [-0.15, -0.1) is 0 Å². The fraction of sp³-hybridized carbons (Fsp3) is 0.600. The molecule has 2 rings (SSSR count). The number of benzene rings is 1. The van der Waals surface area contributed by atoms with Crippen molar-refractivity contribution in [2.24, 2.45) is 5.92 Å². The molecule has 1 heteroatoms. The number of aryl methyl sites for hydroxylation is 1. The molecule has 88 valence electrons. The lowest BCUT2D eigenvalue weighted by molar-refractivity contribution is 0.380. The van der Waals surface area contributed by atoms with Gasteiger partial charge in [-0.25, -0.2) is 0 Å². The molecule has 1 nitrogen and oxygen atoms in total. The molecule has 0 amide bonds. The van der Waals surface area contributed by atoms with Gasteiger partial charge < -0.3 is 5.32 Å². The molecule has 0 saturated heterocycles. The van der Waals surface area contributed by atoms with Crippen LogP contribution in [-0.2, 0) is 0 Å². The molecule has 0 heterocycles. The van der Waals surface area contributed by atoms with Crippen molar-refractivity contribution in [2.45, 2.75) is 46.1 Å². The maximum absolute atomic E-state index is 3.69. The average molecular weight is 217 g/mol. The number of nitrogens with one attached hydrogen (secondary N) is 1. The van der Waals surface area contributed by atoms with Gasteiger partial charge in [0.2, 0.25) is 0 Å². The van der Waals surface area contributed by atoms with E-state index in [9.17, 15) is 0 Å². The van der Waals surface area contributed by atoms with E-state index in [1.165, 1.54) is 17.5 Å². The predicted molar refractivity (Wildman–Crippen MR) is 69.8 cm³/mol. The molecule has 3 atom stereocenters. The molecule has 0 fully saturated rings. The first-order chi connectivity index (χ1) is 7.65. The van der Waals surface area contributed by atoms with Crippen molar-refractivity contribution >= 4 is 0 Å². The van der Waals surface area contributed by atoms with Crippen molar-refractivity contribution in [3.8, 4) is 0 Å². The van der Waals surface area contributed by atoms with Crippen LogP contribution >= 0.6 is 0 Å². The van der Waals surface area contributed by atoms with E-state index in [4.69, 9.17) is 0 Å². The van der Waals surface area contributed by atoms with Gasteiger partial charge in [0.1, 0.15) is 0 Å². The second-order valence-corrected chi connectivity index (χ2v) is 5.21. The van der Waals surface area contributed by atoms with Crippen molar-refractivity contribution in [1.82, 2.24) is 5.32 Å². The van der Waals surface area contributed by atoms with Gasteiger partial charge in [0.25, 0.3) is 0 Å². The Morgan fingerprint density at radius 3 is 2.62 bits per heavy atom. The zero-order chi connectivity index (χ0) is 11.7. The number of rotatable bonds is 3. The third-order valence-electron chi connectivity index (χ3n) is 4.00. The summed E-state index contributed by atoms with van der Waals surface area (Å²) in [6, 6.07) is 7.48. The molecule has 1 aromatic rings. The first-order valence-corrected chi connectivity index (χ1v) is 6.49. The predicted octanol–water partition coefficient (Wildman–Crippen LogP) is 3.79. The van der Waals surface area contributed by atoms with Crippen LogP contribution in [0.25, 0.3) is 0 Å². The molecule has 1 aliphatic carbocycles. The Labute approximate surface area is 99.3 Å². The van der Waals surface area contributed by atoms with Crippen molar-refractivity contribution in [3.05, 3.63) is 34.9 Å². The van der Waals surface area contributed by atoms with Gasteiger partial charge >= 0.3 is 0 Å². The maximum Gasteiger partial charge on any atom is 0.0354 e. The second kappa shape index (κ2) is 4.58. The molecule has 0 spiro atoms. The van der Waals surface area contributed by atoms with Gasteiger partial charge in [-0.3, -0.25) is 0 Å². The quantitative estimate of drug-likeness (QED) is 0.812. The monoisotopic (exact) mass is 217 g/mol. The van der Waals surface area contributed by atoms with Gasteiger partial charge in [-0.1, -0.05) is 44.5 Å². The maximum atomic E-state index is 3.69. The molecule has 1 aromatic carbocycles. The molecular formula is C15H23N. The lowest BCUT2D eigenvalue weighted by Crippen LogP contribution is -2.25. The zero-order valence-corrected chi connectivity index (χ0v) is 10.9. The molecule has 0 saturated carbocycles. The lowest BCUT2D eigenvalue weighted by atomic mass is 9.94. The summed E-state index contributed by atoms with van der Waals surface area (Å²) in [6.45, 7) is 10.3. The smallest absolute Gasteiger partial charge is 0.0354 e. The van der Waals surface area contributed by atoms with E-state index in [2.05, 4.69) is 51.2 Å². The van der Waals surface area contributed by atoms with Crippen LogP contribution < -0.4 is 5.32 Å². The number of hydrogen-bond donors (Lipinski definition) is 1. The van der Waals surface area contributed by atoms with Gasteiger partial charge in [-0.2, -0.15) is 0 Å². The van der Waals surface area contributed by atoms with Crippen molar-refractivity contribution < 1.29 is 0 Å². The average Bonchev–Trinajstić information content (AvgIpc) is 2.50. The molecule has 1 aliphatic rings. The van der Waals surface area contributed by atoms with E-state index in [0.717, 1.165) is 6.54 Å². The minimum atomic E-state index is 0.560. The lowest BCUT2D eigenvalue weighted by Gasteiger charge is -2.20. The first kappa shape index (κ1) is 11.7.